The predicted octanol–water partition coefficient (Wildman–Crippen LogP) is 2.56. The van der Waals surface area contributed by atoms with Crippen LogP contribution >= 0.6 is 11.9 Å². The van der Waals surface area contributed by atoms with Crippen LogP contribution in [0.1, 0.15) is 5.56 Å². The third-order valence-corrected chi connectivity index (χ3v) is 6.11. The van der Waals surface area contributed by atoms with Gasteiger partial charge in [0, 0.05) is 43.3 Å². The summed E-state index contributed by atoms with van der Waals surface area (Å²) in [6.07, 6.45) is 2.31. The molecule has 7 heteroatoms. The summed E-state index contributed by atoms with van der Waals surface area (Å²) in [6.45, 7) is 4.37. The molecule has 0 fully saturated rings. The van der Waals surface area contributed by atoms with Crippen molar-refractivity contribution in [3.8, 4) is 11.6 Å². The Balaban J connectivity index is 1.16. The second kappa shape index (κ2) is 7.48. The van der Waals surface area contributed by atoms with Crippen LogP contribution in [0.15, 0.2) is 58.6 Å². The number of ether oxygens (including phenoxy) is 2. The normalized spacial score (nSPS) is 18.5. The molecule has 0 radical (unpaired) electrons. The molecule has 0 atom stereocenters. The lowest BCUT2D eigenvalue weighted by molar-refractivity contribution is -0.129. The van der Waals surface area contributed by atoms with Gasteiger partial charge in [0.05, 0.1) is 6.42 Å². The van der Waals surface area contributed by atoms with E-state index in [0.717, 1.165) is 36.6 Å². The molecule has 3 aliphatic heterocycles. The molecule has 0 unspecified atom stereocenters. The fourth-order valence-electron chi connectivity index (χ4n) is 3.78. The topological polar surface area (TPSA) is 54.9 Å². The van der Waals surface area contributed by atoms with E-state index in [-0.39, 0.29) is 5.91 Å². The molecule has 0 bridgehead atoms. The van der Waals surface area contributed by atoms with Crippen LogP contribution in [0.4, 0.5) is 0 Å². The molecule has 0 saturated carbocycles. The van der Waals surface area contributed by atoms with Crippen molar-refractivity contribution in [1.29, 1.82) is 0 Å². The van der Waals surface area contributed by atoms with Crippen LogP contribution < -0.4 is 9.47 Å². The molecule has 0 N–H and O–H groups in total. The largest absolute Gasteiger partial charge is 0.484 e. The number of fused-ring (bicyclic) bond motifs is 1. The first-order valence-electron chi connectivity index (χ1n) is 9.44. The minimum absolute atomic E-state index is 0.204. The van der Waals surface area contributed by atoms with E-state index in [2.05, 4.69) is 9.29 Å². The van der Waals surface area contributed by atoms with Gasteiger partial charge < -0.3 is 14.4 Å². The van der Waals surface area contributed by atoms with E-state index < -0.39 is 0 Å². The lowest BCUT2D eigenvalue weighted by atomic mass is 10.1. The molecule has 1 aromatic heterocycles. The first-order valence-corrected chi connectivity index (χ1v) is 10.2. The molecule has 1 aromatic carbocycles. The zero-order valence-electron chi connectivity index (χ0n) is 15.5. The molecule has 2 aromatic rings. The minimum atomic E-state index is 0.204. The van der Waals surface area contributed by atoms with Gasteiger partial charge in [-0.1, -0.05) is 30.3 Å². The van der Waals surface area contributed by atoms with Gasteiger partial charge in [0.15, 0.2) is 5.75 Å². The Labute approximate surface area is 168 Å². The van der Waals surface area contributed by atoms with Gasteiger partial charge >= 0.3 is 0 Å². The maximum absolute atomic E-state index is 12.6. The highest BCUT2D eigenvalue weighted by Crippen LogP contribution is 2.36. The van der Waals surface area contributed by atoms with E-state index in [9.17, 15) is 4.79 Å². The number of hydrogen-bond acceptors (Lipinski definition) is 6. The Bertz CT molecular complexity index is 914. The number of hydrogen-bond donors (Lipinski definition) is 0. The summed E-state index contributed by atoms with van der Waals surface area (Å²) in [5, 5.41) is 0. The lowest BCUT2D eigenvalue weighted by Crippen LogP contribution is -2.33. The van der Waals surface area contributed by atoms with E-state index in [1.807, 2.05) is 47.5 Å². The highest BCUT2D eigenvalue weighted by Gasteiger charge is 2.32. The molecule has 0 saturated heterocycles. The van der Waals surface area contributed by atoms with Gasteiger partial charge in [-0.25, -0.2) is 9.29 Å². The summed E-state index contributed by atoms with van der Waals surface area (Å²) in [5.74, 6) is 1.50. The van der Waals surface area contributed by atoms with Crippen LogP contribution in [-0.2, 0) is 11.2 Å². The number of carbonyl (C=O) groups excluding carboxylic acids is 1. The summed E-state index contributed by atoms with van der Waals surface area (Å²) in [7, 11) is 0. The quantitative estimate of drug-likeness (QED) is 0.586. The average Bonchev–Trinajstić information content (AvgIpc) is 3.27. The molecule has 6 nitrogen and oxygen atoms in total. The maximum Gasteiger partial charge on any atom is 0.257 e. The lowest BCUT2D eigenvalue weighted by Gasteiger charge is -2.23. The highest BCUT2D eigenvalue weighted by molar-refractivity contribution is 7.97. The molecule has 0 aliphatic carbocycles. The first-order chi connectivity index (χ1) is 13.7. The molecule has 28 heavy (non-hydrogen) atoms. The highest BCUT2D eigenvalue weighted by atomic mass is 32.2. The van der Waals surface area contributed by atoms with E-state index in [0.29, 0.717) is 31.3 Å². The summed E-state index contributed by atoms with van der Waals surface area (Å²) in [6, 6.07) is 11.9. The van der Waals surface area contributed by atoms with Crippen LogP contribution in [0.5, 0.6) is 11.6 Å². The van der Waals surface area contributed by atoms with E-state index >= 15 is 0 Å². The third kappa shape index (κ3) is 3.59. The van der Waals surface area contributed by atoms with Gasteiger partial charge in [-0.05, 0) is 28.7 Å². The standard InChI is InChI=1S/C21H21N3O3S/c25-20(8-15-4-2-1-3-5-15)23-11-16-13-24(14-17(16)12-23)28-18-9-19-21(22-10-18)27-7-6-26-19/h1-5,9-10H,6-8,11-14H2. The number of benzene rings is 1. The van der Waals surface area contributed by atoms with Gasteiger partial charge in [-0.2, -0.15) is 0 Å². The number of rotatable bonds is 4. The Kier molecular flexibility index (Phi) is 4.70. The fourth-order valence-corrected chi connectivity index (χ4v) is 4.78. The number of nitrogens with zero attached hydrogens (tertiary/aromatic N) is 3. The van der Waals surface area contributed by atoms with Crippen molar-refractivity contribution in [2.75, 3.05) is 39.4 Å². The molecular weight excluding hydrogens is 374 g/mol. The first kappa shape index (κ1) is 17.6. The van der Waals surface area contributed by atoms with Crippen molar-refractivity contribution >= 4 is 17.9 Å². The number of amides is 1. The monoisotopic (exact) mass is 395 g/mol. The molecule has 5 rings (SSSR count). The number of carbonyl (C=O) groups is 1. The second-order valence-electron chi connectivity index (χ2n) is 7.18. The second-order valence-corrected chi connectivity index (χ2v) is 8.35. The number of pyridine rings is 1. The SMILES string of the molecule is O=C(Cc1ccccc1)N1CC2=C(CN(Sc3cnc4c(c3)OCCO4)C2)C1. The van der Waals surface area contributed by atoms with Crippen molar-refractivity contribution < 1.29 is 14.3 Å². The number of aromatic nitrogens is 1. The summed E-state index contributed by atoms with van der Waals surface area (Å²) in [5.41, 5.74) is 3.82. The van der Waals surface area contributed by atoms with Crippen LogP contribution in [0.25, 0.3) is 0 Å². The van der Waals surface area contributed by atoms with E-state index in [4.69, 9.17) is 9.47 Å². The Morgan fingerprint density at radius 1 is 1.04 bits per heavy atom. The van der Waals surface area contributed by atoms with Crippen molar-refractivity contribution in [1.82, 2.24) is 14.2 Å². The van der Waals surface area contributed by atoms with Crippen molar-refractivity contribution in [2.24, 2.45) is 0 Å². The molecular formula is C21H21N3O3S. The van der Waals surface area contributed by atoms with Crippen LogP contribution in [0.3, 0.4) is 0 Å². The summed E-state index contributed by atoms with van der Waals surface area (Å²) in [4.78, 5) is 20.0. The smallest absolute Gasteiger partial charge is 0.257 e. The molecule has 3 aliphatic rings. The predicted molar refractivity (Wildman–Crippen MR) is 106 cm³/mol. The molecule has 1 amide bonds. The zero-order valence-corrected chi connectivity index (χ0v) is 16.3. The van der Waals surface area contributed by atoms with Crippen molar-refractivity contribution in [2.45, 2.75) is 11.3 Å². The summed E-state index contributed by atoms with van der Waals surface area (Å²) >= 11 is 1.68. The van der Waals surface area contributed by atoms with E-state index in [1.165, 1.54) is 11.1 Å². The van der Waals surface area contributed by atoms with Gasteiger partial charge in [0.1, 0.15) is 13.2 Å². The molecule has 0 spiro atoms. The van der Waals surface area contributed by atoms with E-state index in [1.54, 1.807) is 11.9 Å². The maximum atomic E-state index is 12.6. The Morgan fingerprint density at radius 2 is 1.79 bits per heavy atom. The third-order valence-electron chi connectivity index (χ3n) is 5.16. The van der Waals surface area contributed by atoms with Gasteiger partial charge in [-0.3, -0.25) is 4.79 Å². The van der Waals surface area contributed by atoms with Crippen LogP contribution in [-0.4, -0.2) is 59.5 Å². The van der Waals surface area contributed by atoms with Crippen LogP contribution in [0.2, 0.25) is 0 Å². The van der Waals surface area contributed by atoms with Crippen molar-refractivity contribution in [3.05, 3.63) is 59.3 Å². The van der Waals surface area contributed by atoms with Crippen molar-refractivity contribution in [3.63, 3.8) is 0 Å². The fraction of sp³-hybridized carbons (Fsp3) is 0.333. The Morgan fingerprint density at radius 3 is 2.57 bits per heavy atom. The van der Waals surface area contributed by atoms with Gasteiger partial charge in [0.2, 0.25) is 5.91 Å². The Hall–Kier alpha value is -2.51. The average molecular weight is 395 g/mol. The van der Waals surface area contributed by atoms with Gasteiger partial charge in [-0.15, -0.1) is 0 Å². The summed E-state index contributed by atoms with van der Waals surface area (Å²) < 4.78 is 13.4. The van der Waals surface area contributed by atoms with Crippen LogP contribution in [0, 0.1) is 0 Å². The molecule has 4 heterocycles. The van der Waals surface area contributed by atoms with Gasteiger partial charge in [0.25, 0.3) is 5.88 Å². The minimum Gasteiger partial charge on any atom is -0.484 e. The molecule has 144 valence electrons. The zero-order chi connectivity index (χ0) is 18.9.